The minimum absolute atomic E-state index is 0.0534. The Morgan fingerprint density at radius 2 is 2.31 bits per heavy atom. The SMILES string of the molecule is CC(C)ONC(=O)c1ccc(Br)o1. The molecular formula is C8H10BrNO3. The average Bonchev–Trinajstić information content (AvgIpc) is 2.47. The van der Waals surface area contributed by atoms with E-state index in [0.717, 1.165) is 0 Å². The highest BCUT2D eigenvalue weighted by Crippen LogP contribution is 2.13. The van der Waals surface area contributed by atoms with Gasteiger partial charge in [0.15, 0.2) is 10.4 Å². The van der Waals surface area contributed by atoms with Crippen LogP contribution >= 0.6 is 15.9 Å². The molecule has 0 radical (unpaired) electrons. The van der Waals surface area contributed by atoms with E-state index in [1.807, 2.05) is 13.8 Å². The molecule has 0 aromatic carbocycles. The Morgan fingerprint density at radius 1 is 1.62 bits per heavy atom. The van der Waals surface area contributed by atoms with Crippen LogP contribution in [0.15, 0.2) is 21.2 Å². The van der Waals surface area contributed by atoms with Crippen molar-refractivity contribution in [1.29, 1.82) is 0 Å². The van der Waals surface area contributed by atoms with E-state index >= 15 is 0 Å². The first-order chi connectivity index (χ1) is 6.09. The van der Waals surface area contributed by atoms with E-state index in [1.165, 1.54) is 0 Å². The van der Waals surface area contributed by atoms with E-state index in [2.05, 4.69) is 21.4 Å². The first kappa shape index (κ1) is 10.3. The van der Waals surface area contributed by atoms with Crippen molar-refractivity contribution in [3.8, 4) is 0 Å². The zero-order valence-electron chi connectivity index (χ0n) is 7.33. The lowest BCUT2D eigenvalue weighted by atomic mass is 10.4. The normalized spacial score (nSPS) is 10.5. The molecule has 13 heavy (non-hydrogen) atoms. The van der Waals surface area contributed by atoms with Crippen LogP contribution in [-0.2, 0) is 4.84 Å². The molecule has 1 aromatic rings. The number of halogens is 1. The molecule has 0 aliphatic carbocycles. The van der Waals surface area contributed by atoms with E-state index < -0.39 is 0 Å². The number of hydrogen-bond donors (Lipinski definition) is 1. The Kier molecular flexibility index (Phi) is 3.50. The smallest absolute Gasteiger partial charge is 0.310 e. The molecule has 72 valence electrons. The molecule has 5 heteroatoms. The molecule has 0 aliphatic heterocycles. The fourth-order valence-electron chi connectivity index (χ4n) is 0.658. The number of hydroxylamine groups is 1. The Balaban J connectivity index is 2.49. The highest BCUT2D eigenvalue weighted by molar-refractivity contribution is 9.10. The van der Waals surface area contributed by atoms with Crippen molar-refractivity contribution >= 4 is 21.8 Å². The lowest BCUT2D eigenvalue weighted by Gasteiger charge is -2.06. The van der Waals surface area contributed by atoms with Crippen LogP contribution < -0.4 is 5.48 Å². The maximum absolute atomic E-state index is 11.2. The molecule has 4 nitrogen and oxygen atoms in total. The minimum atomic E-state index is -0.389. The molecule has 1 aromatic heterocycles. The van der Waals surface area contributed by atoms with E-state index in [4.69, 9.17) is 9.25 Å². The number of hydrogen-bond acceptors (Lipinski definition) is 3. The van der Waals surface area contributed by atoms with Crippen LogP contribution in [0.2, 0.25) is 0 Å². The Bertz CT molecular complexity index is 295. The van der Waals surface area contributed by atoms with Crippen molar-refractivity contribution < 1.29 is 14.0 Å². The molecule has 1 N–H and O–H groups in total. The second-order valence-electron chi connectivity index (χ2n) is 2.70. The topological polar surface area (TPSA) is 51.5 Å². The van der Waals surface area contributed by atoms with Crippen molar-refractivity contribution in [1.82, 2.24) is 5.48 Å². The molecule has 0 saturated carbocycles. The third-order valence-electron chi connectivity index (χ3n) is 1.18. The molecule has 0 unspecified atom stereocenters. The van der Waals surface area contributed by atoms with Crippen molar-refractivity contribution in [2.24, 2.45) is 0 Å². The fraction of sp³-hybridized carbons (Fsp3) is 0.375. The molecule has 0 aliphatic rings. The quantitative estimate of drug-likeness (QED) is 0.833. The van der Waals surface area contributed by atoms with Gasteiger partial charge in [-0.05, 0) is 41.9 Å². The summed E-state index contributed by atoms with van der Waals surface area (Å²) in [6.07, 6.45) is -0.0534. The molecule has 0 saturated heterocycles. The van der Waals surface area contributed by atoms with Gasteiger partial charge in [0.25, 0.3) is 0 Å². The van der Waals surface area contributed by atoms with E-state index in [-0.39, 0.29) is 17.8 Å². The largest absolute Gasteiger partial charge is 0.444 e. The van der Waals surface area contributed by atoms with Gasteiger partial charge in [-0.1, -0.05) is 0 Å². The number of rotatable bonds is 3. The van der Waals surface area contributed by atoms with Crippen molar-refractivity contribution in [2.45, 2.75) is 20.0 Å². The number of nitrogens with one attached hydrogen (secondary N) is 1. The number of carbonyl (C=O) groups is 1. The molecule has 0 fully saturated rings. The van der Waals surface area contributed by atoms with Gasteiger partial charge in [0.2, 0.25) is 0 Å². The number of furan rings is 1. The number of amides is 1. The van der Waals surface area contributed by atoms with Crippen LogP contribution in [0.25, 0.3) is 0 Å². The van der Waals surface area contributed by atoms with E-state index in [0.29, 0.717) is 4.67 Å². The summed E-state index contributed by atoms with van der Waals surface area (Å²) in [6.45, 7) is 3.64. The monoisotopic (exact) mass is 247 g/mol. The summed E-state index contributed by atoms with van der Waals surface area (Å²) < 4.78 is 5.52. The molecule has 1 amide bonds. The highest BCUT2D eigenvalue weighted by Gasteiger charge is 2.10. The van der Waals surface area contributed by atoms with Crippen LogP contribution in [0.3, 0.4) is 0 Å². The van der Waals surface area contributed by atoms with Crippen molar-refractivity contribution in [3.05, 3.63) is 22.6 Å². The van der Waals surface area contributed by atoms with Crippen LogP contribution in [-0.4, -0.2) is 12.0 Å². The van der Waals surface area contributed by atoms with Crippen LogP contribution in [0.1, 0.15) is 24.4 Å². The summed E-state index contributed by atoms with van der Waals surface area (Å²) in [7, 11) is 0. The molecule has 0 bridgehead atoms. The highest BCUT2D eigenvalue weighted by atomic mass is 79.9. The summed E-state index contributed by atoms with van der Waals surface area (Å²) in [5.74, 6) is -0.174. The van der Waals surface area contributed by atoms with E-state index in [1.54, 1.807) is 12.1 Å². The maximum atomic E-state index is 11.2. The zero-order chi connectivity index (χ0) is 9.84. The molecule has 0 spiro atoms. The zero-order valence-corrected chi connectivity index (χ0v) is 8.92. The lowest BCUT2D eigenvalue weighted by Crippen LogP contribution is -2.26. The van der Waals surface area contributed by atoms with Gasteiger partial charge in [-0.15, -0.1) is 0 Å². The lowest BCUT2D eigenvalue weighted by molar-refractivity contribution is -0.00150. The molecule has 1 heterocycles. The van der Waals surface area contributed by atoms with Gasteiger partial charge < -0.3 is 4.42 Å². The second-order valence-corrected chi connectivity index (χ2v) is 3.48. The van der Waals surface area contributed by atoms with E-state index in [9.17, 15) is 4.79 Å². The summed E-state index contributed by atoms with van der Waals surface area (Å²) in [6, 6.07) is 3.20. The van der Waals surface area contributed by atoms with Gasteiger partial charge in [-0.2, -0.15) is 0 Å². The van der Waals surface area contributed by atoms with Gasteiger partial charge in [0, 0.05) is 0 Å². The summed E-state index contributed by atoms with van der Waals surface area (Å²) in [4.78, 5) is 16.1. The van der Waals surface area contributed by atoms with Gasteiger partial charge in [-0.3, -0.25) is 9.63 Å². The Hall–Kier alpha value is -0.810. The predicted octanol–water partition coefficient (Wildman–Crippen LogP) is 2.11. The molecule has 1 rings (SSSR count). The molecular weight excluding hydrogens is 238 g/mol. The van der Waals surface area contributed by atoms with Crippen LogP contribution in [0.4, 0.5) is 0 Å². The summed E-state index contributed by atoms with van der Waals surface area (Å²) >= 11 is 3.09. The Morgan fingerprint density at radius 3 is 2.77 bits per heavy atom. The predicted molar refractivity (Wildman–Crippen MR) is 50.1 cm³/mol. The Labute approximate surface area is 84.3 Å². The maximum Gasteiger partial charge on any atom is 0.310 e. The second kappa shape index (κ2) is 4.43. The molecule has 0 atom stereocenters. The van der Waals surface area contributed by atoms with Crippen molar-refractivity contribution in [3.63, 3.8) is 0 Å². The summed E-state index contributed by atoms with van der Waals surface area (Å²) in [5, 5.41) is 0. The number of carbonyl (C=O) groups excluding carboxylic acids is 1. The van der Waals surface area contributed by atoms with Gasteiger partial charge in [-0.25, -0.2) is 5.48 Å². The van der Waals surface area contributed by atoms with Crippen LogP contribution in [0, 0.1) is 0 Å². The first-order valence-electron chi connectivity index (χ1n) is 3.81. The van der Waals surface area contributed by atoms with Gasteiger partial charge in [0.1, 0.15) is 0 Å². The third-order valence-corrected chi connectivity index (χ3v) is 1.61. The average molecular weight is 248 g/mol. The van der Waals surface area contributed by atoms with Gasteiger partial charge >= 0.3 is 5.91 Å². The van der Waals surface area contributed by atoms with Gasteiger partial charge in [0.05, 0.1) is 6.10 Å². The standard InChI is InChI=1S/C8H10BrNO3/c1-5(2)13-10-8(11)6-3-4-7(9)12-6/h3-5H,1-2H3,(H,10,11). The van der Waals surface area contributed by atoms with Crippen LogP contribution in [0.5, 0.6) is 0 Å². The minimum Gasteiger partial charge on any atom is -0.444 e. The van der Waals surface area contributed by atoms with Crippen molar-refractivity contribution in [2.75, 3.05) is 0 Å². The fourth-order valence-corrected chi connectivity index (χ4v) is 0.965. The third kappa shape index (κ3) is 3.20. The first-order valence-corrected chi connectivity index (χ1v) is 4.60. The summed E-state index contributed by atoms with van der Waals surface area (Å²) in [5.41, 5.74) is 2.26.